The summed E-state index contributed by atoms with van der Waals surface area (Å²) >= 11 is 0. The van der Waals surface area contributed by atoms with Gasteiger partial charge in [-0.1, -0.05) is 18.2 Å². The first kappa shape index (κ1) is 12.2. The lowest BCUT2D eigenvalue weighted by molar-refractivity contribution is 0.0701. The third-order valence-corrected chi connectivity index (χ3v) is 3.38. The molecule has 0 aliphatic carbocycles. The number of aromatic hydroxyl groups is 2. The number of pyridine rings is 1. The standard InChI is InChI=1S/C15H11NO4/c1-7-11(17)6-10-13(14(7)18)12(15(19)20)8-4-2-3-5-9(8)16-10/h2-6,17-18H,1H3,(H,19,20). The Kier molecular flexibility index (Phi) is 2.50. The monoisotopic (exact) mass is 269 g/mol. The van der Waals surface area contributed by atoms with E-state index < -0.39 is 5.97 Å². The number of aromatic nitrogens is 1. The Labute approximate surface area is 113 Å². The summed E-state index contributed by atoms with van der Waals surface area (Å²) < 4.78 is 0. The third kappa shape index (κ3) is 1.56. The second-order valence-electron chi connectivity index (χ2n) is 4.57. The molecule has 0 saturated carbocycles. The molecule has 0 saturated heterocycles. The van der Waals surface area contributed by atoms with E-state index in [-0.39, 0.29) is 33.5 Å². The number of carbonyl (C=O) groups is 1. The molecule has 1 aromatic heterocycles. The molecule has 0 aliphatic heterocycles. The quantitative estimate of drug-likeness (QED) is 0.591. The van der Waals surface area contributed by atoms with Crippen molar-refractivity contribution in [2.45, 2.75) is 6.92 Å². The van der Waals surface area contributed by atoms with Crippen molar-refractivity contribution in [3.05, 3.63) is 41.5 Å². The van der Waals surface area contributed by atoms with Gasteiger partial charge in [0.05, 0.1) is 22.0 Å². The smallest absolute Gasteiger partial charge is 0.337 e. The van der Waals surface area contributed by atoms with E-state index >= 15 is 0 Å². The van der Waals surface area contributed by atoms with Gasteiger partial charge in [-0.05, 0) is 13.0 Å². The summed E-state index contributed by atoms with van der Waals surface area (Å²) in [6, 6.07) is 8.17. The molecule has 0 radical (unpaired) electrons. The molecule has 5 nitrogen and oxygen atoms in total. The summed E-state index contributed by atoms with van der Waals surface area (Å²) in [5, 5.41) is 30.0. The molecule has 0 atom stereocenters. The van der Waals surface area contributed by atoms with Crippen LogP contribution >= 0.6 is 0 Å². The molecular formula is C15H11NO4. The SMILES string of the molecule is Cc1c(O)cc2nc3ccccc3c(C(=O)O)c2c1O. The van der Waals surface area contributed by atoms with Gasteiger partial charge >= 0.3 is 5.97 Å². The highest BCUT2D eigenvalue weighted by Gasteiger charge is 2.20. The molecule has 3 N–H and O–H groups in total. The van der Waals surface area contributed by atoms with Gasteiger partial charge in [-0.15, -0.1) is 0 Å². The summed E-state index contributed by atoms with van der Waals surface area (Å²) in [6.45, 7) is 1.52. The number of fused-ring (bicyclic) bond motifs is 2. The Morgan fingerprint density at radius 3 is 2.55 bits per heavy atom. The average molecular weight is 269 g/mol. The van der Waals surface area contributed by atoms with Crippen molar-refractivity contribution in [2.75, 3.05) is 0 Å². The minimum Gasteiger partial charge on any atom is -0.507 e. The maximum absolute atomic E-state index is 11.6. The summed E-state index contributed by atoms with van der Waals surface area (Å²) in [7, 11) is 0. The molecule has 0 amide bonds. The van der Waals surface area contributed by atoms with E-state index in [1.165, 1.54) is 13.0 Å². The van der Waals surface area contributed by atoms with Gasteiger partial charge in [0.25, 0.3) is 0 Å². The Bertz CT molecular complexity index is 871. The van der Waals surface area contributed by atoms with Crippen LogP contribution in [0, 0.1) is 6.92 Å². The molecule has 1 heterocycles. The van der Waals surface area contributed by atoms with Crippen molar-refractivity contribution in [3.8, 4) is 11.5 Å². The molecule has 0 unspecified atom stereocenters. The van der Waals surface area contributed by atoms with E-state index in [9.17, 15) is 20.1 Å². The number of phenolic OH excluding ortho intramolecular Hbond substituents is 2. The number of nitrogens with zero attached hydrogens (tertiary/aromatic N) is 1. The summed E-state index contributed by atoms with van der Waals surface area (Å²) in [4.78, 5) is 15.9. The number of carboxylic acids is 1. The van der Waals surface area contributed by atoms with E-state index in [1.807, 2.05) is 0 Å². The summed E-state index contributed by atoms with van der Waals surface area (Å²) in [6.07, 6.45) is 0. The minimum atomic E-state index is -1.14. The summed E-state index contributed by atoms with van der Waals surface area (Å²) in [5.41, 5.74) is 0.977. The first-order valence-electron chi connectivity index (χ1n) is 5.98. The fourth-order valence-electron chi connectivity index (χ4n) is 2.34. The lowest BCUT2D eigenvalue weighted by Crippen LogP contribution is -2.01. The van der Waals surface area contributed by atoms with Crippen molar-refractivity contribution in [2.24, 2.45) is 0 Å². The molecule has 5 heteroatoms. The number of carboxylic acid groups (broad SMARTS) is 1. The molecule has 0 bridgehead atoms. The number of benzene rings is 2. The van der Waals surface area contributed by atoms with Crippen LogP contribution < -0.4 is 0 Å². The minimum absolute atomic E-state index is 0.00815. The Hall–Kier alpha value is -2.82. The third-order valence-electron chi connectivity index (χ3n) is 3.38. The molecule has 3 aromatic rings. The van der Waals surface area contributed by atoms with Gasteiger partial charge in [0.15, 0.2) is 0 Å². The molecule has 0 aliphatic rings. The Morgan fingerprint density at radius 1 is 1.15 bits per heavy atom. The molecule has 100 valence electrons. The number of phenols is 2. The van der Waals surface area contributed by atoms with Crippen molar-refractivity contribution >= 4 is 27.8 Å². The maximum atomic E-state index is 11.6. The van der Waals surface area contributed by atoms with E-state index in [1.54, 1.807) is 24.3 Å². The van der Waals surface area contributed by atoms with Crippen LogP contribution in [0.15, 0.2) is 30.3 Å². The van der Waals surface area contributed by atoms with Crippen LogP contribution in [0.2, 0.25) is 0 Å². The van der Waals surface area contributed by atoms with Crippen LogP contribution in [-0.4, -0.2) is 26.3 Å². The van der Waals surface area contributed by atoms with Crippen LogP contribution in [0.5, 0.6) is 11.5 Å². The number of hydrogen-bond donors (Lipinski definition) is 3. The lowest BCUT2D eigenvalue weighted by atomic mass is 9.99. The zero-order valence-electron chi connectivity index (χ0n) is 10.6. The van der Waals surface area contributed by atoms with Gasteiger partial charge in [0.2, 0.25) is 0 Å². The zero-order valence-corrected chi connectivity index (χ0v) is 10.6. The Balaban J connectivity index is 2.66. The second kappa shape index (κ2) is 4.09. The van der Waals surface area contributed by atoms with Crippen molar-refractivity contribution in [1.29, 1.82) is 0 Å². The van der Waals surface area contributed by atoms with Gasteiger partial charge < -0.3 is 15.3 Å². The number of para-hydroxylation sites is 1. The Morgan fingerprint density at radius 2 is 1.85 bits per heavy atom. The van der Waals surface area contributed by atoms with Crippen LogP contribution in [0.1, 0.15) is 15.9 Å². The predicted molar refractivity (Wildman–Crippen MR) is 74.3 cm³/mol. The first-order valence-corrected chi connectivity index (χ1v) is 5.98. The molecule has 0 fully saturated rings. The van der Waals surface area contributed by atoms with Crippen molar-refractivity contribution in [3.63, 3.8) is 0 Å². The zero-order chi connectivity index (χ0) is 14.4. The highest BCUT2D eigenvalue weighted by molar-refractivity contribution is 6.15. The molecule has 3 rings (SSSR count). The van der Waals surface area contributed by atoms with Crippen LogP contribution in [-0.2, 0) is 0 Å². The topological polar surface area (TPSA) is 90.7 Å². The van der Waals surface area contributed by atoms with E-state index in [0.717, 1.165) is 0 Å². The fraction of sp³-hybridized carbons (Fsp3) is 0.0667. The number of aromatic carboxylic acids is 1. The number of rotatable bonds is 1. The predicted octanol–water partition coefficient (Wildman–Crippen LogP) is 2.81. The van der Waals surface area contributed by atoms with E-state index in [0.29, 0.717) is 10.9 Å². The van der Waals surface area contributed by atoms with Crippen molar-refractivity contribution in [1.82, 2.24) is 4.98 Å². The molecule has 20 heavy (non-hydrogen) atoms. The van der Waals surface area contributed by atoms with Gasteiger partial charge in [-0.25, -0.2) is 9.78 Å². The van der Waals surface area contributed by atoms with Gasteiger partial charge in [0.1, 0.15) is 11.5 Å². The van der Waals surface area contributed by atoms with Crippen LogP contribution in [0.3, 0.4) is 0 Å². The van der Waals surface area contributed by atoms with E-state index in [2.05, 4.69) is 4.98 Å². The van der Waals surface area contributed by atoms with Crippen molar-refractivity contribution < 1.29 is 20.1 Å². The largest absolute Gasteiger partial charge is 0.507 e. The normalized spacial score (nSPS) is 11.1. The van der Waals surface area contributed by atoms with Gasteiger partial charge in [0, 0.05) is 17.0 Å². The number of hydrogen-bond acceptors (Lipinski definition) is 4. The molecular weight excluding hydrogens is 258 g/mol. The summed E-state index contributed by atoms with van der Waals surface area (Å²) in [5.74, 6) is -1.52. The van der Waals surface area contributed by atoms with E-state index in [4.69, 9.17) is 0 Å². The lowest BCUT2D eigenvalue weighted by Gasteiger charge is -2.11. The van der Waals surface area contributed by atoms with Gasteiger partial charge in [-0.2, -0.15) is 0 Å². The second-order valence-corrected chi connectivity index (χ2v) is 4.57. The molecule has 2 aromatic carbocycles. The fourth-order valence-corrected chi connectivity index (χ4v) is 2.34. The van der Waals surface area contributed by atoms with Crippen LogP contribution in [0.25, 0.3) is 21.8 Å². The van der Waals surface area contributed by atoms with Gasteiger partial charge in [-0.3, -0.25) is 0 Å². The molecule has 0 spiro atoms. The average Bonchev–Trinajstić information content (AvgIpc) is 2.42. The highest BCUT2D eigenvalue weighted by Crippen LogP contribution is 2.38. The first-order chi connectivity index (χ1) is 9.50. The van der Waals surface area contributed by atoms with Crippen LogP contribution in [0.4, 0.5) is 0 Å². The highest BCUT2D eigenvalue weighted by atomic mass is 16.4. The maximum Gasteiger partial charge on any atom is 0.337 e.